The van der Waals surface area contributed by atoms with Crippen molar-refractivity contribution in [3.8, 4) is 22.3 Å². The van der Waals surface area contributed by atoms with E-state index in [2.05, 4.69) is 210 Å². The minimum atomic E-state index is -0.595. The second kappa shape index (κ2) is 24.6. The van der Waals surface area contributed by atoms with Crippen molar-refractivity contribution in [3.63, 3.8) is 0 Å². The van der Waals surface area contributed by atoms with Gasteiger partial charge in [0.05, 0.1) is 27.8 Å². The van der Waals surface area contributed by atoms with Crippen molar-refractivity contribution >= 4 is 62.8 Å². The van der Waals surface area contributed by atoms with E-state index < -0.39 is 42.1 Å². The number of ketones is 1. The van der Waals surface area contributed by atoms with Crippen molar-refractivity contribution in [1.29, 1.82) is 0 Å². The Morgan fingerprint density at radius 3 is 1.17 bits per heavy atom. The third-order valence-corrected chi connectivity index (χ3v) is 20.4. The Hall–Kier alpha value is -4.86. The van der Waals surface area contributed by atoms with E-state index in [9.17, 15) is 4.79 Å². The summed E-state index contributed by atoms with van der Waals surface area (Å²) < 4.78 is 28.3. The Balaban J connectivity index is 0.000000404. The van der Waals surface area contributed by atoms with E-state index in [4.69, 9.17) is 18.6 Å². The van der Waals surface area contributed by atoms with E-state index in [1.807, 2.05) is 48.5 Å². The molecule has 9 heteroatoms. The summed E-state index contributed by atoms with van der Waals surface area (Å²) in [6.07, 6.45) is 18.1. The fraction of sp³-hybridized carbons (Fsp3) is 0.411. The molecule has 0 saturated carbocycles. The van der Waals surface area contributed by atoms with E-state index >= 15 is 0 Å². The highest BCUT2D eigenvalue weighted by Crippen LogP contribution is 2.62. The van der Waals surface area contributed by atoms with Gasteiger partial charge in [0.1, 0.15) is 0 Å². The van der Waals surface area contributed by atoms with Gasteiger partial charge < -0.3 is 18.6 Å². The highest BCUT2D eigenvalue weighted by atomic mass is 79.9. The summed E-state index contributed by atoms with van der Waals surface area (Å²) >= 11 is 6.69. The molecule has 0 N–H and O–H groups in total. The molecule has 2 fully saturated rings. The molecule has 2 aliphatic heterocycles. The quantitative estimate of drug-likeness (QED) is 0.0432. The first-order chi connectivity index (χ1) is 39.3. The predicted molar refractivity (Wildman–Crippen MR) is 349 cm³/mol. The largest absolute Gasteiger partial charge is 0.494 e. The molecule has 0 spiro atoms. The summed E-state index contributed by atoms with van der Waals surface area (Å²) in [5.41, 5.74) is 14.9. The molecule has 5 nitrogen and oxygen atoms in total. The normalized spacial score (nSPS) is 17.9. The summed E-state index contributed by atoms with van der Waals surface area (Å²) in [4.78, 5) is 12.0. The lowest BCUT2D eigenvalue weighted by atomic mass is 9.65. The van der Waals surface area contributed by atoms with Crippen LogP contribution in [-0.2, 0) is 29.4 Å². The van der Waals surface area contributed by atoms with Crippen LogP contribution in [0.2, 0.25) is 0 Å². The minimum Gasteiger partial charge on any atom is -0.399 e. The molecular formula is C73H84B2Br2O5. The van der Waals surface area contributed by atoms with Gasteiger partial charge in [-0.25, -0.2) is 0 Å². The van der Waals surface area contributed by atoms with Crippen molar-refractivity contribution in [1.82, 2.24) is 0 Å². The number of hydrogen-bond donors (Lipinski definition) is 0. The molecule has 0 amide bonds. The number of unbranched alkanes of at least 4 members (excludes halogenated alkanes) is 10. The lowest BCUT2D eigenvalue weighted by Crippen LogP contribution is -2.41. The maximum atomic E-state index is 12.0. The van der Waals surface area contributed by atoms with Crippen LogP contribution < -0.4 is 10.9 Å². The van der Waals surface area contributed by atoms with E-state index in [0.717, 1.165) is 19.9 Å². The highest BCUT2D eigenvalue weighted by molar-refractivity contribution is 9.10. The van der Waals surface area contributed by atoms with Crippen LogP contribution in [0, 0.1) is 0 Å². The molecule has 0 bridgehead atoms. The molecule has 0 atom stereocenters. The van der Waals surface area contributed by atoms with Gasteiger partial charge in [-0.2, -0.15) is 0 Å². The first-order valence-electron chi connectivity index (χ1n) is 30.6. The predicted octanol–water partition coefficient (Wildman–Crippen LogP) is 18.9. The fourth-order valence-electron chi connectivity index (χ4n) is 13.2. The van der Waals surface area contributed by atoms with Crippen molar-refractivity contribution in [2.24, 2.45) is 0 Å². The lowest BCUT2D eigenvalue weighted by molar-refractivity contribution is 0.00578. The molecule has 82 heavy (non-hydrogen) atoms. The molecule has 11 rings (SSSR count). The molecule has 4 aliphatic rings. The summed E-state index contributed by atoms with van der Waals surface area (Å²) in [5, 5.41) is 0. The second-order valence-electron chi connectivity index (χ2n) is 25.7. The summed E-state index contributed by atoms with van der Waals surface area (Å²) in [6, 6.07) is 57.1. The fourth-order valence-corrected chi connectivity index (χ4v) is 13.7. The van der Waals surface area contributed by atoms with E-state index in [-0.39, 0.29) is 11.2 Å². The second-order valence-corrected chi connectivity index (χ2v) is 27.5. The topological polar surface area (TPSA) is 54.0 Å². The number of fused-ring (bicyclic) bond motifs is 6. The summed E-state index contributed by atoms with van der Waals surface area (Å²) in [6.45, 7) is 21.7. The first kappa shape index (κ1) is 60.3. The average Bonchev–Trinajstić information content (AvgIpc) is 1.88. The summed E-state index contributed by atoms with van der Waals surface area (Å²) in [7, 11) is -0.873. The third kappa shape index (κ3) is 11.5. The molecule has 2 heterocycles. The zero-order chi connectivity index (χ0) is 58.1. The number of halogens is 2. The van der Waals surface area contributed by atoms with Gasteiger partial charge in [-0.3, -0.25) is 4.79 Å². The van der Waals surface area contributed by atoms with Crippen molar-refractivity contribution in [2.45, 2.75) is 192 Å². The van der Waals surface area contributed by atoms with Crippen LogP contribution in [0.4, 0.5) is 0 Å². The van der Waals surface area contributed by atoms with Crippen molar-refractivity contribution < 1.29 is 23.4 Å². The number of benzene rings is 7. The van der Waals surface area contributed by atoms with Gasteiger partial charge in [0, 0.05) is 25.5 Å². The zero-order valence-corrected chi connectivity index (χ0v) is 53.5. The number of hydrogen-bond acceptors (Lipinski definition) is 5. The Labute approximate surface area is 508 Å². The third-order valence-electron chi connectivity index (χ3n) is 19.3. The molecule has 2 saturated heterocycles. The molecule has 426 valence electrons. The van der Waals surface area contributed by atoms with Crippen LogP contribution in [-0.4, -0.2) is 42.4 Å². The minimum absolute atomic E-state index is 0.00830. The van der Waals surface area contributed by atoms with Gasteiger partial charge in [-0.15, -0.1) is 0 Å². The van der Waals surface area contributed by atoms with Crippen LogP contribution >= 0.6 is 31.9 Å². The Morgan fingerprint density at radius 1 is 0.390 bits per heavy atom. The zero-order valence-electron chi connectivity index (χ0n) is 50.4. The molecule has 0 unspecified atom stereocenters. The number of carbonyl (C=O) groups excluding carboxylic acids is 1. The lowest BCUT2D eigenvalue weighted by Gasteiger charge is -2.35. The SMILES string of the molecule is CCCCCCCCC1(CCCCCCCC)c2ccccc2-c2cc3c(cc21)-c1ccccc1C3(c1ccc(B2OC(C)(C)C(C)(C)O2)cc1)c1ccc(B2OC(C)(C)C(C)(C)O2)cc1.O=C(c1ccc(Br)cc1)c1ccc(Br)cc1. The smallest absolute Gasteiger partial charge is 0.399 e. The van der Waals surface area contributed by atoms with Crippen molar-refractivity contribution in [3.05, 3.63) is 211 Å². The Kier molecular flexibility index (Phi) is 18.1. The molecular weight excluding hydrogens is 1140 g/mol. The van der Waals surface area contributed by atoms with E-state index in [1.165, 1.54) is 134 Å². The van der Waals surface area contributed by atoms with Gasteiger partial charge >= 0.3 is 14.2 Å². The molecule has 7 aromatic carbocycles. The first-order valence-corrected chi connectivity index (χ1v) is 32.2. The molecule has 0 aromatic heterocycles. The Morgan fingerprint density at radius 2 is 0.744 bits per heavy atom. The van der Waals surface area contributed by atoms with E-state index in [1.54, 1.807) is 11.1 Å². The van der Waals surface area contributed by atoms with Crippen LogP contribution in [0.1, 0.15) is 208 Å². The Bertz CT molecular complexity index is 3170. The van der Waals surface area contributed by atoms with Gasteiger partial charge in [-0.1, -0.05) is 220 Å². The number of carbonyl (C=O) groups is 1. The van der Waals surface area contributed by atoms with Crippen LogP contribution in [0.25, 0.3) is 22.3 Å². The molecule has 7 aromatic rings. The van der Waals surface area contributed by atoms with Gasteiger partial charge in [0.25, 0.3) is 0 Å². The molecule has 0 radical (unpaired) electrons. The molecule has 2 aliphatic carbocycles. The van der Waals surface area contributed by atoms with Crippen LogP contribution in [0.15, 0.2) is 167 Å². The highest BCUT2D eigenvalue weighted by Gasteiger charge is 2.54. The van der Waals surface area contributed by atoms with E-state index in [0.29, 0.717) is 11.1 Å². The van der Waals surface area contributed by atoms with Gasteiger partial charge in [-0.05, 0) is 195 Å². The maximum absolute atomic E-state index is 12.0. The van der Waals surface area contributed by atoms with Gasteiger partial charge in [0.15, 0.2) is 5.78 Å². The van der Waals surface area contributed by atoms with Crippen LogP contribution in [0.5, 0.6) is 0 Å². The standard InChI is InChI=1S/C60H76B2O4.C13H8Br2O/c1-11-13-15-17-19-25-39-59(40-26-20-18-16-14-12-2)51-29-23-21-27-47(51)49-42-54-50(41-53(49)59)48-28-22-24-30-52(48)60(54,43-31-35-45(36-32-43)61-63-55(3,4)56(5,6)64-61)44-33-37-46(38-34-44)62-65-57(7,8)58(9,10)66-62;14-11-5-1-9(2-6-11)13(16)10-3-7-12(15)8-4-10/h21-24,27-38,41-42H,11-20,25-26,39-40H2,1-10H3;1-8H. The maximum Gasteiger partial charge on any atom is 0.494 e. The van der Waals surface area contributed by atoms with Gasteiger partial charge in [0.2, 0.25) is 0 Å². The van der Waals surface area contributed by atoms with Crippen LogP contribution in [0.3, 0.4) is 0 Å². The number of rotatable bonds is 20. The average molecular weight is 1220 g/mol. The monoisotopic (exact) mass is 1220 g/mol. The van der Waals surface area contributed by atoms with Crippen molar-refractivity contribution in [2.75, 3.05) is 0 Å². The summed E-state index contributed by atoms with van der Waals surface area (Å²) in [5.74, 6) is 0.0417.